The number of carboxylic acid groups (broad SMARTS) is 1. The maximum atomic E-state index is 10.5. The lowest BCUT2D eigenvalue weighted by Gasteiger charge is -2.12. The fraction of sp³-hybridized carbons (Fsp3) is 0.300. The molecule has 0 aliphatic heterocycles. The lowest BCUT2D eigenvalue weighted by Crippen LogP contribution is -2.15. The zero-order valence-corrected chi connectivity index (χ0v) is 9.12. The molecule has 0 fully saturated rings. The minimum Gasteiger partial charge on any atom is -0.508 e. The van der Waals surface area contributed by atoms with E-state index in [2.05, 4.69) is 0 Å². The molecule has 15 heavy (non-hydrogen) atoms. The summed E-state index contributed by atoms with van der Waals surface area (Å²) in [6.07, 6.45) is 1.71. The van der Waals surface area contributed by atoms with Crippen LogP contribution in [0.4, 0.5) is 0 Å². The van der Waals surface area contributed by atoms with Gasteiger partial charge in [-0.15, -0.1) is 11.8 Å². The Labute approximate surface area is 92.1 Å². The van der Waals surface area contributed by atoms with Crippen LogP contribution in [-0.2, 0) is 4.79 Å². The van der Waals surface area contributed by atoms with Gasteiger partial charge in [0.2, 0.25) is 0 Å². The highest BCUT2D eigenvalue weighted by Crippen LogP contribution is 2.28. The van der Waals surface area contributed by atoms with Crippen LogP contribution in [0.3, 0.4) is 0 Å². The van der Waals surface area contributed by atoms with Crippen LogP contribution in [0.5, 0.6) is 5.75 Å². The molecule has 1 rings (SSSR count). The molecule has 0 amide bonds. The van der Waals surface area contributed by atoms with Crippen molar-refractivity contribution in [2.45, 2.75) is 17.4 Å². The van der Waals surface area contributed by atoms with Crippen LogP contribution < -0.4 is 5.73 Å². The van der Waals surface area contributed by atoms with E-state index in [1.807, 2.05) is 6.26 Å². The van der Waals surface area contributed by atoms with Gasteiger partial charge in [-0.3, -0.25) is 4.79 Å². The Bertz CT molecular complexity index is 368. The first kappa shape index (κ1) is 11.9. The number of nitrogens with two attached hydrogens (primary N) is 1. The molecule has 4 N–H and O–H groups in total. The van der Waals surface area contributed by atoms with E-state index >= 15 is 0 Å². The van der Waals surface area contributed by atoms with E-state index in [0.717, 1.165) is 4.90 Å². The number of phenolic OH excluding ortho intramolecular Hbond substituents is 1. The van der Waals surface area contributed by atoms with Crippen LogP contribution >= 0.6 is 11.8 Å². The third kappa shape index (κ3) is 3.14. The van der Waals surface area contributed by atoms with Crippen LogP contribution in [-0.4, -0.2) is 22.4 Å². The molecule has 1 unspecified atom stereocenters. The van der Waals surface area contributed by atoms with Crippen molar-refractivity contribution in [2.24, 2.45) is 5.73 Å². The number of rotatable bonds is 4. The fourth-order valence-corrected chi connectivity index (χ4v) is 1.70. The Morgan fingerprint density at radius 3 is 2.80 bits per heavy atom. The van der Waals surface area contributed by atoms with Crippen molar-refractivity contribution in [1.29, 1.82) is 0 Å². The molecule has 0 saturated heterocycles. The molecule has 0 heterocycles. The van der Waals surface area contributed by atoms with E-state index < -0.39 is 12.0 Å². The van der Waals surface area contributed by atoms with E-state index in [1.54, 1.807) is 12.1 Å². The Morgan fingerprint density at radius 1 is 1.60 bits per heavy atom. The number of aromatic hydroxyl groups is 1. The molecule has 1 aromatic rings. The van der Waals surface area contributed by atoms with Crippen molar-refractivity contribution in [3.05, 3.63) is 23.8 Å². The van der Waals surface area contributed by atoms with Crippen molar-refractivity contribution in [3.63, 3.8) is 0 Å². The molecule has 0 bridgehead atoms. The van der Waals surface area contributed by atoms with Crippen molar-refractivity contribution < 1.29 is 15.0 Å². The molecular formula is C10H13NO3S. The monoisotopic (exact) mass is 227 g/mol. The Hall–Kier alpha value is -1.20. The quantitative estimate of drug-likeness (QED) is 0.680. The SMILES string of the molecule is CSc1ccc(O)c(C(N)CC(=O)O)c1. The standard InChI is InChI=1S/C10H13NO3S/c1-15-6-2-3-9(12)7(4-6)8(11)5-10(13)14/h2-4,8,12H,5,11H2,1H3,(H,13,14). The van der Waals surface area contributed by atoms with Crippen LogP contribution in [0.15, 0.2) is 23.1 Å². The third-order valence-corrected chi connectivity index (χ3v) is 2.75. The zero-order chi connectivity index (χ0) is 11.4. The molecule has 1 aromatic carbocycles. The van der Waals surface area contributed by atoms with Crippen molar-refractivity contribution >= 4 is 17.7 Å². The average Bonchev–Trinajstić information content (AvgIpc) is 2.17. The molecule has 0 aromatic heterocycles. The van der Waals surface area contributed by atoms with Gasteiger partial charge in [0.15, 0.2) is 0 Å². The third-order valence-electron chi connectivity index (χ3n) is 2.03. The van der Waals surface area contributed by atoms with Crippen molar-refractivity contribution in [3.8, 4) is 5.75 Å². The molecule has 0 saturated carbocycles. The van der Waals surface area contributed by atoms with Gasteiger partial charge in [0, 0.05) is 16.5 Å². The summed E-state index contributed by atoms with van der Waals surface area (Å²) < 4.78 is 0. The lowest BCUT2D eigenvalue weighted by molar-refractivity contribution is -0.137. The number of phenols is 1. The van der Waals surface area contributed by atoms with E-state index in [4.69, 9.17) is 10.8 Å². The molecule has 5 heteroatoms. The van der Waals surface area contributed by atoms with Crippen LogP contribution in [0.1, 0.15) is 18.0 Å². The summed E-state index contributed by atoms with van der Waals surface area (Å²) in [7, 11) is 0. The fourth-order valence-electron chi connectivity index (χ4n) is 1.25. The minimum atomic E-state index is -0.976. The molecule has 0 aliphatic carbocycles. The lowest BCUT2D eigenvalue weighted by atomic mass is 10.0. The van der Waals surface area contributed by atoms with Gasteiger partial charge in [-0.25, -0.2) is 0 Å². The Morgan fingerprint density at radius 2 is 2.27 bits per heavy atom. The number of thioether (sulfide) groups is 1. The van der Waals surface area contributed by atoms with Gasteiger partial charge in [-0.05, 0) is 24.5 Å². The summed E-state index contributed by atoms with van der Waals surface area (Å²) in [5.74, 6) is -0.932. The van der Waals surface area contributed by atoms with Gasteiger partial charge in [-0.1, -0.05) is 0 Å². The molecule has 0 spiro atoms. The summed E-state index contributed by atoms with van der Waals surface area (Å²) in [5, 5.41) is 18.1. The number of aliphatic carboxylic acids is 1. The second-order valence-corrected chi connectivity index (χ2v) is 4.01. The maximum absolute atomic E-state index is 10.5. The second kappa shape index (κ2) is 5.04. The topological polar surface area (TPSA) is 83.5 Å². The molecule has 1 atom stereocenters. The Balaban J connectivity index is 2.95. The molecular weight excluding hydrogens is 214 g/mol. The Kier molecular flexibility index (Phi) is 3.99. The minimum absolute atomic E-state index is 0.0431. The zero-order valence-electron chi connectivity index (χ0n) is 8.30. The van der Waals surface area contributed by atoms with E-state index in [0.29, 0.717) is 5.56 Å². The first-order valence-corrected chi connectivity index (χ1v) is 5.61. The predicted octanol–water partition coefficient (Wildman–Crippen LogP) is 1.59. The van der Waals surface area contributed by atoms with Crippen molar-refractivity contribution in [1.82, 2.24) is 0 Å². The highest BCUT2D eigenvalue weighted by Gasteiger charge is 2.14. The van der Waals surface area contributed by atoms with Crippen LogP contribution in [0, 0.1) is 0 Å². The summed E-state index contributed by atoms with van der Waals surface area (Å²) >= 11 is 1.51. The van der Waals surface area contributed by atoms with Gasteiger partial charge in [-0.2, -0.15) is 0 Å². The normalized spacial score (nSPS) is 12.4. The maximum Gasteiger partial charge on any atom is 0.305 e. The van der Waals surface area contributed by atoms with Gasteiger partial charge >= 0.3 is 5.97 Å². The predicted molar refractivity (Wildman–Crippen MR) is 59.1 cm³/mol. The van der Waals surface area contributed by atoms with Crippen molar-refractivity contribution in [2.75, 3.05) is 6.26 Å². The van der Waals surface area contributed by atoms with Gasteiger partial charge in [0.25, 0.3) is 0 Å². The molecule has 0 aliphatic rings. The summed E-state index contributed by atoms with van der Waals surface area (Å²) in [6.45, 7) is 0. The number of carbonyl (C=O) groups is 1. The van der Waals surface area contributed by atoms with E-state index in [9.17, 15) is 9.90 Å². The number of benzene rings is 1. The smallest absolute Gasteiger partial charge is 0.305 e. The second-order valence-electron chi connectivity index (χ2n) is 3.13. The summed E-state index contributed by atoms with van der Waals surface area (Å²) in [6, 6.07) is 4.34. The first-order chi connectivity index (χ1) is 7.04. The van der Waals surface area contributed by atoms with Crippen LogP contribution in [0.2, 0.25) is 0 Å². The average molecular weight is 227 g/mol. The highest BCUT2D eigenvalue weighted by molar-refractivity contribution is 7.98. The summed E-state index contributed by atoms with van der Waals surface area (Å²) in [4.78, 5) is 11.4. The largest absolute Gasteiger partial charge is 0.508 e. The molecule has 4 nitrogen and oxygen atoms in total. The van der Waals surface area contributed by atoms with Crippen LogP contribution in [0.25, 0.3) is 0 Å². The number of hydrogen-bond donors (Lipinski definition) is 3. The highest BCUT2D eigenvalue weighted by atomic mass is 32.2. The molecule has 0 radical (unpaired) electrons. The van der Waals surface area contributed by atoms with Gasteiger partial charge in [0.1, 0.15) is 5.75 Å². The molecule has 82 valence electrons. The first-order valence-electron chi connectivity index (χ1n) is 4.39. The van der Waals surface area contributed by atoms with E-state index in [1.165, 1.54) is 17.8 Å². The number of carboxylic acids is 1. The van der Waals surface area contributed by atoms with Gasteiger partial charge in [0.05, 0.1) is 6.42 Å². The van der Waals surface area contributed by atoms with Gasteiger partial charge < -0.3 is 15.9 Å². The van der Waals surface area contributed by atoms with E-state index in [-0.39, 0.29) is 12.2 Å². The summed E-state index contributed by atoms with van der Waals surface area (Å²) in [5.41, 5.74) is 6.15. The number of hydrogen-bond acceptors (Lipinski definition) is 4.